The third-order valence-electron chi connectivity index (χ3n) is 5.44. The number of hydrogen-bond donors (Lipinski definition) is 2. The van der Waals surface area contributed by atoms with Crippen molar-refractivity contribution in [1.82, 2.24) is 10.2 Å². The molecular weight excluding hydrogens is 432 g/mol. The molecule has 2 N–H and O–H groups in total. The van der Waals surface area contributed by atoms with E-state index < -0.39 is 0 Å². The summed E-state index contributed by atoms with van der Waals surface area (Å²) in [5, 5.41) is 6.18. The Balaban J connectivity index is 0.000000204. The van der Waals surface area contributed by atoms with E-state index in [-0.39, 0.29) is 6.03 Å². The van der Waals surface area contributed by atoms with Crippen LogP contribution in [0.2, 0.25) is 0 Å². The topological polar surface area (TPSA) is 92.3 Å². The van der Waals surface area contributed by atoms with Gasteiger partial charge in [-0.2, -0.15) is 4.99 Å². The van der Waals surface area contributed by atoms with E-state index in [1.54, 1.807) is 38.5 Å². The third-order valence-corrected chi connectivity index (χ3v) is 5.44. The lowest BCUT2D eigenvalue weighted by molar-refractivity contribution is 0.200. The van der Waals surface area contributed by atoms with Crippen LogP contribution in [0.15, 0.2) is 53.5 Å². The minimum Gasteiger partial charge on any atom is -0.497 e. The highest BCUT2D eigenvalue weighted by Gasteiger charge is 2.16. The van der Waals surface area contributed by atoms with Gasteiger partial charge in [0.05, 0.1) is 19.9 Å². The van der Waals surface area contributed by atoms with Gasteiger partial charge in [-0.15, -0.1) is 0 Å². The van der Waals surface area contributed by atoms with Crippen molar-refractivity contribution < 1.29 is 19.1 Å². The predicted molar refractivity (Wildman–Crippen MR) is 135 cm³/mol. The molecule has 4 rings (SSSR count). The molecule has 2 aliphatic heterocycles. The summed E-state index contributed by atoms with van der Waals surface area (Å²) in [4.78, 5) is 27.0. The summed E-state index contributed by atoms with van der Waals surface area (Å²) in [5.74, 6) is 1.54. The monoisotopic (exact) mass is 468 g/mol. The maximum atomic E-state index is 11.9. The van der Waals surface area contributed by atoms with Crippen molar-refractivity contribution in [2.45, 2.75) is 38.5 Å². The van der Waals surface area contributed by atoms with Gasteiger partial charge in [-0.1, -0.05) is 6.42 Å². The SMILES string of the molecule is C1CCNCC1.COc1ccc(N=C=O)cc1.COc1ccc(NC(=O)N2CCCCC2)cc1. The largest absolute Gasteiger partial charge is 0.497 e. The summed E-state index contributed by atoms with van der Waals surface area (Å²) in [6, 6.07) is 14.2. The van der Waals surface area contributed by atoms with E-state index in [0.29, 0.717) is 5.69 Å². The summed E-state index contributed by atoms with van der Waals surface area (Å²) in [6.07, 6.45) is 9.11. The lowest BCUT2D eigenvalue weighted by atomic mass is 10.1. The van der Waals surface area contributed by atoms with E-state index in [9.17, 15) is 9.59 Å². The fourth-order valence-electron chi connectivity index (χ4n) is 3.49. The smallest absolute Gasteiger partial charge is 0.321 e. The highest BCUT2D eigenvalue weighted by molar-refractivity contribution is 5.89. The molecule has 0 unspecified atom stereocenters. The van der Waals surface area contributed by atoms with Gasteiger partial charge in [0, 0.05) is 18.8 Å². The molecule has 0 saturated carbocycles. The van der Waals surface area contributed by atoms with Crippen LogP contribution in [0.4, 0.5) is 16.2 Å². The predicted octanol–water partition coefficient (Wildman–Crippen LogP) is 5.14. The standard InChI is InChI=1S/C13H18N2O2.C8H7NO2.C5H11N/c1-17-12-7-5-11(6-8-12)14-13(16)15-9-3-2-4-10-15;1-11-8-4-2-7(3-5-8)9-6-10;1-2-4-6-5-3-1/h5-8H,2-4,9-10H2,1H3,(H,14,16);2-5H,1H3;6H,1-5H2. The van der Waals surface area contributed by atoms with Crippen molar-refractivity contribution in [3.63, 3.8) is 0 Å². The van der Waals surface area contributed by atoms with Crippen LogP contribution in [0.5, 0.6) is 11.5 Å². The number of nitrogens with one attached hydrogen (secondary N) is 2. The first-order valence-corrected chi connectivity index (χ1v) is 11.8. The molecule has 2 aromatic carbocycles. The van der Waals surface area contributed by atoms with Crippen LogP contribution in [-0.4, -0.2) is 57.4 Å². The minimum absolute atomic E-state index is 0.00475. The first kappa shape index (κ1) is 26.9. The maximum absolute atomic E-state index is 11.9. The summed E-state index contributed by atoms with van der Waals surface area (Å²) in [5.41, 5.74) is 1.39. The van der Waals surface area contributed by atoms with Crippen molar-refractivity contribution in [3.05, 3.63) is 48.5 Å². The molecule has 2 heterocycles. The molecule has 184 valence electrons. The van der Waals surface area contributed by atoms with Gasteiger partial charge < -0.3 is 25.0 Å². The van der Waals surface area contributed by atoms with Crippen LogP contribution in [-0.2, 0) is 4.79 Å². The number of benzene rings is 2. The molecular formula is C26H36N4O4. The molecule has 0 aliphatic carbocycles. The summed E-state index contributed by atoms with van der Waals surface area (Å²) in [6.45, 7) is 4.23. The normalized spacial score (nSPS) is 14.7. The summed E-state index contributed by atoms with van der Waals surface area (Å²) < 4.78 is 9.97. The highest BCUT2D eigenvalue weighted by atomic mass is 16.5. The molecule has 0 aromatic heterocycles. The maximum Gasteiger partial charge on any atom is 0.321 e. The molecule has 0 atom stereocenters. The van der Waals surface area contributed by atoms with Gasteiger partial charge in [-0.05, 0) is 93.7 Å². The van der Waals surface area contributed by atoms with E-state index in [2.05, 4.69) is 15.6 Å². The zero-order chi connectivity index (χ0) is 24.4. The number of nitrogens with zero attached hydrogens (tertiary/aromatic N) is 2. The van der Waals surface area contributed by atoms with Gasteiger partial charge in [0.2, 0.25) is 6.08 Å². The van der Waals surface area contributed by atoms with Crippen LogP contribution < -0.4 is 20.1 Å². The fourth-order valence-corrected chi connectivity index (χ4v) is 3.49. The van der Waals surface area contributed by atoms with Crippen LogP contribution in [0, 0.1) is 0 Å². The van der Waals surface area contributed by atoms with Crippen molar-refractivity contribution in [2.75, 3.05) is 45.7 Å². The van der Waals surface area contributed by atoms with Crippen LogP contribution in [0.25, 0.3) is 0 Å². The van der Waals surface area contributed by atoms with Gasteiger partial charge in [0.1, 0.15) is 11.5 Å². The van der Waals surface area contributed by atoms with Crippen molar-refractivity contribution in [3.8, 4) is 11.5 Å². The average Bonchev–Trinajstić information content (AvgIpc) is 2.92. The number of amides is 2. The molecule has 0 radical (unpaired) electrons. The Morgan fingerprint density at radius 2 is 1.38 bits per heavy atom. The second kappa shape index (κ2) is 16.3. The fraction of sp³-hybridized carbons (Fsp3) is 0.462. The Labute approximate surface area is 202 Å². The van der Waals surface area contributed by atoms with E-state index >= 15 is 0 Å². The van der Waals surface area contributed by atoms with Gasteiger partial charge in [-0.3, -0.25) is 0 Å². The quantitative estimate of drug-likeness (QED) is 0.479. The van der Waals surface area contributed by atoms with Gasteiger partial charge in [0.25, 0.3) is 0 Å². The Hall–Kier alpha value is -3.35. The molecule has 0 bridgehead atoms. The van der Waals surface area contributed by atoms with Gasteiger partial charge in [0.15, 0.2) is 0 Å². The number of anilines is 1. The Morgan fingerprint density at radius 3 is 1.82 bits per heavy atom. The van der Waals surface area contributed by atoms with E-state index in [1.807, 2.05) is 29.2 Å². The van der Waals surface area contributed by atoms with Crippen molar-refractivity contribution in [1.29, 1.82) is 0 Å². The number of ether oxygens (including phenoxy) is 2. The van der Waals surface area contributed by atoms with Gasteiger partial charge in [-0.25, -0.2) is 9.59 Å². The molecule has 2 amide bonds. The molecule has 8 nitrogen and oxygen atoms in total. The number of hydrogen-bond acceptors (Lipinski definition) is 6. The second-order valence-corrected chi connectivity index (χ2v) is 7.92. The number of likely N-dealkylation sites (tertiary alicyclic amines) is 1. The van der Waals surface area contributed by atoms with E-state index in [1.165, 1.54) is 44.9 Å². The molecule has 34 heavy (non-hydrogen) atoms. The zero-order valence-corrected chi connectivity index (χ0v) is 20.2. The number of carbonyl (C=O) groups excluding carboxylic acids is 2. The number of urea groups is 1. The third kappa shape index (κ3) is 10.5. The zero-order valence-electron chi connectivity index (χ0n) is 20.2. The Bertz CT molecular complexity index is 859. The van der Waals surface area contributed by atoms with E-state index in [0.717, 1.165) is 43.1 Å². The minimum atomic E-state index is -0.00475. The number of carbonyl (C=O) groups is 1. The number of piperidine rings is 2. The van der Waals surface area contributed by atoms with Crippen molar-refractivity contribution >= 4 is 23.5 Å². The summed E-state index contributed by atoms with van der Waals surface area (Å²) >= 11 is 0. The lowest BCUT2D eigenvalue weighted by Crippen LogP contribution is -2.38. The highest BCUT2D eigenvalue weighted by Crippen LogP contribution is 2.17. The van der Waals surface area contributed by atoms with Crippen LogP contribution in [0.1, 0.15) is 38.5 Å². The second-order valence-electron chi connectivity index (χ2n) is 7.92. The summed E-state index contributed by atoms with van der Waals surface area (Å²) in [7, 11) is 3.21. The van der Waals surface area contributed by atoms with Gasteiger partial charge >= 0.3 is 6.03 Å². The molecule has 2 fully saturated rings. The first-order valence-electron chi connectivity index (χ1n) is 11.8. The number of methoxy groups -OCH3 is 2. The van der Waals surface area contributed by atoms with E-state index in [4.69, 9.17) is 9.47 Å². The Morgan fingerprint density at radius 1 is 0.853 bits per heavy atom. The molecule has 2 aromatic rings. The molecule has 2 saturated heterocycles. The first-order chi connectivity index (χ1) is 16.7. The van der Waals surface area contributed by atoms with Crippen LogP contribution >= 0.6 is 0 Å². The number of aliphatic imine (C=N–C) groups is 1. The molecule has 2 aliphatic rings. The lowest BCUT2D eigenvalue weighted by Gasteiger charge is -2.26. The average molecular weight is 469 g/mol. The van der Waals surface area contributed by atoms with Crippen LogP contribution in [0.3, 0.4) is 0 Å². The Kier molecular flexibility index (Phi) is 12.9. The molecule has 8 heteroatoms. The number of isocyanates is 1. The molecule has 0 spiro atoms. The van der Waals surface area contributed by atoms with Crippen molar-refractivity contribution in [2.24, 2.45) is 4.99 Å². The number of rotatable bonds is 4.